The quantitative estimate of drug-likeness (QED) is 0.272. The molecule has 0 aliphatic rings. The number of hydrogen-bond donors (Lipinski definition) is 4. The molecule has 0 spiro atoms. The largest absolute Gasteiger partial charge is 0.469 e. The molecule has 0 atom stereocenters. The molecule has 0 fully saturated rings. The van der Waals surface area contributed by atoms with Gasteiger partial charge in [0.05, 0.1) is 19.0 Å². The summed E-state index contributed by atoms with van der Waals surface area (Å²) in [6, 6.07) is 12.9. The number of ether oxygens (including phenoxy) is 1. The standard InChI is InChI=1S/C22H23N5O3/c1-13(28)26-18-11-17(8-5-14(18)9-10-20(29)30-2)22-25-12-19(27-22)15-3-6-16(7-4-15)21(23)24/h3-8,11-12H,9-10H2,1-2H3,(H3,23,24)(H,25,27)(H,26,28). The highest BCUT2D eigenvalue weighted by Crippen LogP contribution is 2.27. The van der Waals surface area contributed by atoms with E-state index in [1.54, 1.807) is 18.3 Å². The molecule has 0 saturated heterocycles. The summed E-state index contributed by atoms with van der Waals surface area (Å²) in [6.07, 6.45) is 2.40. The van der Waals surface area contributed by atoms with Gasteiger partial charge in [-0.1, -0.05) is 36.4 Å². The number of aromatic amines is 1. The molecule has 1 aromatic heterocycles. The SMILES string of the molecule is COC(=O)CCc1ccc(-c2ncc(-c3ccc(C(=N)N)cc3)[nH]2)cc1NC(C)=O. The molecular formula is C22H23N5O3. The van der Waals surface area contributed by atoms with Crippen molar-refractivity contribution in [1.82, 2.24) is 9.97 Å². The van der Waals surface area contributed by atoms with E-state index < -0.39 is 0 Å². The first-order chi connectivity index (χ1) is 14.4. The van der Waals surface area contributed by atoms with Gasteiger partial charge in [-0.15, -0.1) is 0 Å². The van der Waals surface area contributed by atoms with Gasteiger partial charge in [-0.2, -0.15) is 0 Å². The van der Waals surface area contributed by atoms with Crippen molar-refractivity contribution in [2.75, 3.05) is 12.4 Å². The van der Waals surface area contributed by atoms with Crippen LogP contribution < -0.4 is 11.1 Å². The molecule has 1 amide bonds. The zero-order valence-electron chi connectivity index (χ0n) is 16.8. The van der Waals surface area contributed by atoms with E-state index in [0.29, 0.717) is 23.5 Å². The predicted molar refractivity (Wildman–Crippen MR) is 115 cm³/mol. The van der Waals surface area contributed by atoms with Crippen LogP contribution >= 0.6 is 0 Å². The van der Waals surface area contributed by atoms with Crippen molar-refractivity contribution >= 4 is 23.4 Å². The number of hydrogen-bond acceptors (Lipinski definition) is 5. The van der Waals surface area contributed by atoms with Crippen molar-refractivity contribution < 1.29 is 14.3 Å². The fourth-order valence-corrected chi connectivity index (χ4v) is 3.03. The number of amides is 1. The van der Waals surface area contributed by atoms with Crippen molar-refractivity contribution in [2.45, 2.75) is 19.8 Å². The maximum absolute atomic E-state index is 11.6. The van der Waals surface area contributed by atoms with Gasteiger partial charge in [-0.05, 0) is 23.6 Å². The number of imidazole rings is 1. The minimum atomic E-state index is -0.306. The highest BCUT2D eigenvalue weighted by Gasteiger charge is 2.12. The average Bonchev–Trinajstić information content (AvgIpc) is 3.22. The number of methoxy groups -OCH3 is 1. The van der Waals surface area contributed by atoms with Crippen LogP contribution in [-0.2, 0) is 20.7 Å². The Balaban J connectivity index is 1.87. The number of nitrogens with one attached hydrogen (secondary N) is 3. The van der Waals surface area contributed by atoms with Crippen molar-refractivity contribution in [3.05, 3.63) is 59.8 Å². The van der Waals surface area contributed by atoms with Crippen LogP contribution in [0.3, 0.4) is 0 Å². The van der Waals surface area contributed by atoms with Gasteiger partial charge in [0.25, 0.3) is 0 Å². The Morgan fingerprint density at radius 3 is 2.50 bits per heavy atom. The number of anilines is 1. The molecule has 5 N–H and O–H groups in total. The molecule has 0 bridgehead atoms. The number of amidine groups is 1. The Hall–Kier alpha value is -3.94. The molecule has 0 radical (unpaired) electrons. The number of H-pyrrole nitrogens is 1. The lowest BCUT2D eigenvalue weighted by atomic mass is 10.0. The van der Waals surface area contributed by atoms with Crippen LogP contribution in [0.1, 0.15) is 24.5 Å². The van der Waals surface area contributed by atoms with Gasteiger partial charge in [0.15, 0.2) is 0 Å². The third-order valence-electron chi connectivity index (χ3n) is 4.60. The maximum atomic E-state index is 11.6. The normalized spacial score (nSPS) is 10.5. The summed E-state index contributed by atoms with van der Waals surface area (Å²) in [4.78, 5) is 30.8. The number of rotatable bonds is 7. The monoisotopic (exact) mass is 405 g/mol. The number of aryl methyl sites for hydroxylation is 1. The first-order valence-electron chi connectivity index (χ1n) is 9.35. The van der Waals surface area contributed by atoms with E-state index in [1.807, 2.05) is 30.3 Å². The fraction of sp³-hybridized carbons (Fsp3) is 0.182. The molecule has 0 aliphatic carbocycles. The van der Waals surface area contributed by atoms with E-state index in [0.717, 1.165) is 22.4 Å². The number of nitrogens with two attached hydrogens (primary N) is 1. The van der Waals surface area contributed by atoms with Crippen LogP contribution in [0.25, 0.3) is 22.6 Å². The van der Waals surface area contributed by atoms with Gasteiger partial charge < -0.3 is 20.8 Å². The molecule has 1 heterocycles. The van der Waals surface area contributed by atoms with Gasteiger partial charge >= 0.3 is 5.97 Å². The second-order valence-corrected chi connectivity index (χ2v) is 6.77. The van der Waals surface area contributed by atoms with Gasteiger partial charge in [-0.3, -0.25) is 15.0 Å². The van der Waals surface area contributed by atoms with Gasteiger partial charge in [-0.25, -0.2) is 4.98 Å². The zero-order valence-corrected chi connectivity index (χ0v) is 16.8. The van der Waals surface area contributed by atoms with Crippen molar-refractivity contribution in [2.24, 2.45) is 5.73 Å². The van der Waals surface area contributed by atoms with Crippen molar-refractivity contribution in [3.8, 4) is 22.6 Å². The van der Waals surface area contributed by atoms with Crippen LogP contribution in [0.2, 0.25) is 0 Å². The molecule has 0 aliphatic heterocycles. The van der Waals surface area contributed by atoms with E-state index in [-0.39, 0.29) is 24.1 Å². The third-order valence-corrected chi connectivity index (χ3v) is 4.60. The minimum absolute atomic E-state index is 0.0182. The van der Waals surface area contributed by atoms with Crippen LogP contribution in [0.5, 0.6) is 0 Å². The minimum Gasteiger partial charge on any atom is -0.469 e. The third kappa shape index (κ3) is 4.91. The molecule has 3 rings (SSSR count). The van der Waals surface area contributed by atoms with Crippen LogP contribution in [0.4, 0.5) is 5.69 Å². The highest BCUT2D eigenvalue weighted by molar-refractivity contribution is 5.95. The Labute approximate surface area is 174 Å². The number of benzene rings is 2. The number of nitrogen functional groups attached to an aromatic ring is 1. The number of nitrogens with zero attached hydrogens (tertiary/aromatic N) is 1. The number of esters is 1. The van der Waals surface area contributed by atoms with E-state index in [9.17, 15) is 9.59 Å². The molecule has 8 heteroatoms. The smallest absolute Gasteiger partial charge is 0.305 e. The summed E-state index contributed by atoms with van der Waals surface area (Å²) in [6.45, 7) is 1.44. The van der Waals surface area contributed by atoms with Crippen LogP contribution in [0, 0.1) is 5.41 Å². The summed E-state index contributed by atoms with van der Waals surface area (Å²) in [5, 5.41) is 10.3. The van der Waals surface area contributed by atoms with Crippen LogP contribution in [-0.4, -0.2) is 34.8 Å². The van der Waals surface area contributed by atoms with E-state index in [4.69, 9.17) is 15.9 Å². The maximum Gasteiger partial charge on any atom is 0.305 e. The number of carbonyl (C=O) groups excluding carboxylic acids is 2. The highest BCUT2D eigenvalue weighted by atomic mass is 16.5. The first-order valence-corrected chi connectivity index (χ1v) is 9.35. The van der Waals surface area contributed by atoms with Crippen molar-refractivity contribution in [3.63, 3.8) is 0 Å². The Bertz CT molecular complexity index is 1090. The number of carbonyl (C=O) groups is 2. The summed E-state index contributed by atoms with van der Waals surface area (Å²) in [5.41, 5.74) is 10.1. The molecule has 8 nitrogen and oxygen atoms in total. The molecule has 2 aromatic carbocycles. The lowest BCUT2D eigenvalue weighted by Crippen LogP contribution is -2.10. The first kappa shape index (κ1) is 20.8. The summed E-state index contributed by atoms with van der Waals surface area (Å²) < 4.78 is 4.69. The van der Waals surface area contributed by atoms with E-state index in [1.165, 1.54) is 14.0 Å². The average molecular weight is 405 g/mol. The van der Waals surface area contributed by atoms with Gasteiger partial charge in [0.2, 0.25) is 5.91 Å². The summed E-state index contributed by atoms with van der Waals surface area (Å²) >= 11 is 0. The predicted octanol–water partition coefficient (Wildman–Crippen LogP) is 3.09. The molecule has 0 unspecified atom stereocenters. The van der Waals surface area contributed by atoms with Gasteiger partial charge in [0, 0.05) is 30.2 Å². The molecule has 0 saturated carbocycles. The number of aromatic nitrogens is 2. The Morgan fingerprint density at radius 2 is 1.87 bits per heavy atom. The van der Waals surface area contributed by atoms with Gasteiger partial charge in [0.1, 0.15) is 11.7 Å². The second kappa shape index (κ2) is 9.04. The fourth-order valence-electron chi connectivity index (χ4n) is 3.03. The van der Waals surface area contributed by atoms with E-state index in [2.05, 4.69) is 15.3 Å². The zero-order chi connectivity index (χ0) is 21.7. The molecule has 30 heavy (non-hydrogen) atoms. The molecular weight excluding hydrogens is 382 g/mol. The summed E-state index contributed by atoms with van der Waals surface area (Å²) in [5.74, 6) is 0.160. The summed E-state index contributed by atoms with van der Waals surface area (Å²) in [7, 11) is 1.35. The van der Waals surface area contributed by atoms with Crippen molar-refractivity contribution in [1.29, 1.82) is 5.41 Å². The van der Waals surface area contributed by atoms with E-state index >= 15 is 0 Å². The molecule has 3 aromatic rings. The lowest BCUT2D eigenvalue weighted by molar-refractivity contribution is -0.140. The topological polar surface area (TPSA) is 134 Å². The van der Waals surface area contributed by atoms with Crippen LogP contribution in [0.15, 0.2) is 48.7 Å². The lowest BCUT2D eigenvalue weighted by Gasteiger charge is -2.11. The second-order valence-electron chi connectivity index (χ2n) is 6.77. The molecule has 154 valence electrons. The Kier molecular flexibility index (Phi) is 6.26. The Morgan fingerprint density at radius 1 is 1.17 bits per heavy atom.